The maximum Gasteiger partial charge on any atom is 0.253 e. The van der Waals surface area contributed by atoms with Crippen LogP contribution in [0.2, 0.25) is 5.02 Å². The molecule has 0 bridgehead atoms. The third-order valence-corrected chi connectivity index (χ3v) is 7.16. The molecule has 138 valence electrons. The summed E-state index contributed by atoms with van der Waals surface area (Å²) in [6, 6.07) is 4.51. The highest BCUT2D eigenvalue weighted by molar-refractivity contribution is 7.90. The van der Waals surface area contributed by atoms with E-state index in [9.17, 15) is 13.2 Å². The van der Waals surface area contributed by atoms with Gasteiger partial charge in [-0.2, -0.15) is 0 Å². The second-order valence-corrected chi connectivity index (χ2v) is 9.93. The van der Waals surface area contributed by atoms with Crippen LogP contribution in [-0.4, -0.2) is 26.6 Å². The maximum absolute atomic E-state index is 12.9. The summed E-state index contributed by atoms with van der Waals surface area (Å²) >= 11 is 6.18. The van der Waals surface area contributed by atoms with Gasteiger partial charge in [0.1, 0.15) is 0 Å². The van der Waals surface area contributed by atoms with E-state index in [1.165, 1.54) is 69.6 Å². The number of sulfone groups is 1. The smallest absolute Gasteiger partial charge is 0.253 e. The Bertz CT molecular complexity index is 737. The van der Waals surface area contributed by atoms with Gasteiger partial charge in [-0.05, 0) is 55.7 Å². The van der Waals surface area contributed by atoms with Crippen molar-refractivity contribution < 1.29 is 13.2 Å². The Labute approximate surface area is 155 Å². The van der Waals surface area contributed by atoms with Crippen molar-refractivity contribution in [1.82, 2.24) is 5.32 Å². The average molecular weight is 384 g/mol. The van der Waals surface area contributed by atoms with E-state index in [0.717, 1.165) is 6.26 Å². The molecule has 4 nitrogen and oxygen atoms in total. The summed E-state index contributed by atoms with van der Waals surface area (Å²) < 4.78 is 23.6. The fourth-order valence-electron chi connectivity index (χ4n) is 4.05. The summed E-state index contributed by atoms with van der Waals surface area (Å²) in [5.74, 6) is 0.821. The molecule has 0 aromatic heterocycles. The molecule has 2 fully saturated rings. The third-order valence-electron chi connectivity index (χ3n) is 5.72. The zero-order valence-electron chi connectivity index (χ0n) is 14.6. The van der Waals surface area contributed by atoms with Gasteiger partial charge >= 0.3 is 0 Å². The van der Waals surface area contributed by atoms with Crippen LogP contribution in [0.25, 0.3) is 0 Å². The lowest BCUT2D eigenvalue weighted by atomic mass is 9.71. The van der Waals surface area contributed by atoms with Gasteiger partial charge in [0.2, 0.25) is 0 Å². The number of hydrogen-bond donors (Lipinski definition) is 1. The quantitative estimate of drug-likeness (QED) is 0.827. The number of rotatable bonds is 5. The third kappa shape index (κ3) is 4.37. The summed E-state index contributed by atoms with van der Waals surface area (Å²) in [4.78, 5) is 13.0. The summed E-state index contributed by atoms with van der Waals surface area (Å²) in [6.45, 7) is 0. The molecule has 0 spiro atoms. The van der Waals surface area contributed by atoms with Crippen LogP contribution in [0, 0.1) is 11.8 Å². The van der Waals surface area contributed by atoms with E-state index >= 15 is 0 Å². The average Bonchev–Trinajstić information content (AvgIpc) is 2.52. The first-order valence-electron chi connectivity index (χ1n) is 9.17. The van der Waals surface area contributed by atoms with Crippen molar-refractivity contribution in [3.63, 3.8) is 0 Å². The molecular weight excluding hydrogens is 358 g/mol. The second kappa shape index (κ2) is 7.67. The summed E-state index contributed by atoms with van der Waals surface area (Å²) in [6.07, 6.45) is 10.8. The van der Waals surface area contributed by atoms with Gasteiger partial charge in [0.25, 0.3) is 5.91 Å². The van der Waals surface area contributed by atoms with Crippen LogP contribution < -0.4 is 5.32 Å². The van der Waals surface area contributed by atoms with Crippen molar-refractivity contribution >= 4 is 27.3 Å². The fraction of sp³-hybridized carbons (Fsp3) is 0.632. The minimum atomic E-state index is -3.37. The van der Waals surface area contributed by atoms with E-state index in [1.807, 2.05) is 0 Å². The van der Waals surface area contributed by atoms with E-state index in [-0.39, 0.29) is 22.4 Å². The highest BCUT2D eigenvalue weighted by Crippen LogP contribution is 2.38. The lowest BCUT2D eigenvalue weighted by Crippen LogP contribution is -2.48. The zero-order chi connectivity index (χ0) is 18.0. The molecule has 6 heteroatoms. The molecule has 0 saturated heterocycles. The molecule has 2 aliphatic carbocycles. The Morgan fingerprint density at radius 3 is 2.20 bits per heavy atom. The largest absolute Gasteiger partial charge is 0.349 e. The van der Waals surface area contributed by atoms with Gasteiger partial charge in [-0.15, -0.1) is 0 Å². The molecule has 3 rings (SSSR count). The van der Waals surface area contributed by atoms with Crippen LogP contribution in [0.5, 0.6) is 0 Å². The Kier molecular flexibility index (Phi) is 5.74. The van der Waals surface area contributed by atoms with Gasteiger partial charge in [0.15, 0.2) is 9.84 Å². The SMILES string of the molecule is CS(=O)(=O)c1ccc(Cl)c(C(=O)NC(C2CCCCC2)C2CCC2)c1. The highest BCUT2D eigenvalue weighted by atomic mass is 35.5. The summed E-state index contributed by atoms with van der Waals surface area (Å²) in [5, 5.41) is 3.50. The van der Waals surface area contributed by atoms with Gasteiger partial charge in [0, 0.05) is 12.3 Å². The molecule has 0 radical (unpaired) electrons. The van der Waals surface area contributed by atoms with Crippen LogP contribution in [0.4, 0.5) is 0 Å². The zero-order valence-corrected chi connectivity index (χ0v) is 16.2. The van der Waals surface area contributed by atoms with Gasteiger partial charge in [-0.3, -0.25) is 4.79 Å². The predicted octanol–water partition coefficient (Wildman–Crippen LogP) is 4.22. The number of benzene rings is 1. The molecule has 1 N–H and O–H groups in total. The van der Waals surface area contributed by atoms with Crippen LogP contribution >= 0.6 is 11.6 Å². The number of carbonyl (C=O) groups is 1. The lowest BCUT2D eigenvalue weighted by Gasteiger charge is -2.40. The first-order chi connectivity index (χ1) is 11.9. The predicted molar refractivity (Wildman–Crippen MR) is 99.7 cm³/mol. The van der Waals surface area contributed by atoms with Crippen LogP contribution in [0.15, 0.2) is 23.1 Å². The standard InChI is InChI=1S/C19H26ClNO3S/c1-25(23,24)15-10-11-17(20)16(12-15)19(22)21-18(14-8-5-9-14)13-6-3-2-4-7-13/h10-14,18H,2-9H2,1H3,(H,21,22). The van der Waals surface area contributed by atoms with Crippen molar-refractivity contribution in [3.05, 3.63) is 28.8 Å². The van der Waals surface area contributed by atoms with Gasteiger partial charge in [0.05, 0.1) is 15.5 Å². The van der Waals surface area contributed by atoms with Crippen molar-refractivity contribution in [2.75, 3.05) is 6.26 Å². The topological polar surface area (TPSA) is 63.2 Å². The molecule has 25 heavy (non-hydrogen) atoms. The molecule has 2 saturated carbocycles. The van der Waals surface area contributed by atoms with Crippen molar-refractivity contribution in [2.45, 2.75) is 62.3 Å². The van der Waals surface area contributed by atoms with E-state index in [1.54, 1.807) is 0 Å². The summed E-state index contributed by atoms with van der Waals surface area (Å²) in [7, 11) is -3.37. The fourth-order valence-corrected chi connectivity index (χ4v) is 4.90. The Morgan fingerprint density at radius 2 is 1.68 bits per heavy atom. The van der Waals surface area contributed by atoms with E-state index < -0.39 is 9.84 Å². The second-order valence-electron chi connectivity index (χ2n) is 7.50. The first kappa shape index (κ1) is 18.7. The number of nitrogens with one attached hydrogen (secondary N) is 1. The number of amides is 1. The molecular formula is C19H26ClNO3S. The number of carbonyl (C=O) groups excluding carboxylic acids is 1. The first-order valence-corrected chi connectivity index (χ1v) is 11.4. The lowest BCUT2D eigenvalue weighted by molar-refractivity contribution is 0.0831. The maximum atomic E-state index is 12.9. The summed E-state index contributed by atoms with van der Waals surface area (Å²) in [5.41, 5.74) is 0.254. The Balaban J connectivity index is 1.81. The normalized spacial score (nSPS) is 20.7. The molecule has 0 heterocycles. The van der Waals surface area contributed by atoms with Crippen molar-refractivity contribution in [1.29, 1.82) is 0 Å². The molecule has 0 aliphatic heterocycles. The number of hydrogen-bond acceptors (Lipinski definition) is 3. The monoisotopic (exact) mass is 383 g/mol. The van der Waals surface area contributed by atoms with Crippen LogP contribution in [-0.2, 0) is 9.84 Å². The van der Waals surface area contributed by atoms with Crippen LogP contribution in [0.3, 0.4) is 0 Å². The molecule has 2 aliphatic rings. The van der Waals surface area contributed by atoms with E-state index in [2.05, 4.69) is 5.32 Å². The van der Waals surface area contributed by atoms with Crippen molar-refractivity contribution in [2.24, 2.45) is 11.8 Å². The van der Waals surface area contributed by atoms with Gasteiger partial charge < -0.3 is 5.32 Å². The minimum Gasteiger partial charge on any atom is -0.349 e. The molecule has 1 aromatic carbocycles. The van der Waals surface area contributed by atoms with Crippen molar-refractivity contribution in [3.8, 4) is 0 Å². The van der Waals surface area contributed by atoms with E-state index in [4.69, 9.17) is 11.6 Å². The van der Waals surface area contributed by atoms with E-state index in [0.29, 0.717) is 16.9 Å². The minimum absolute atomic E-state index is 0.125. The Morgan fingerprint density at radius 1 is 1.08 bits per heavy atom. The Hall–Kier alpha value is -1.07. The number of halogens is 1. The molecule has 1 amide bonds. The highest BCUT2D eigenvalue weighted by Gasteiger charge is 2.35. The molecule has 1 atom stereocenters. The van der Waals surface area contributed by atoms with Gasteiger partial charge in [-0.1, -0.05) is 37.3 Å². The molecule has 1 unspecified atom stereocenters. The van der Waals surface area contributed by atoms with Crippen LogP contribution in [0.1, 0.15) is 61.7 Å². The van der Waals surface area contributed by atoms with Gasteiger partial charge in [-0.25, -0.2) is 8.42 Å². The molecule has 1 aromatic rings.